The number of esters is 1. The molecule has 3 nitrogen and oxygen atoms in total. The minimum Gasteiger partial charge on any atom is -0.464 e. The van der Waals surface area contributed by atoms with Gasteiger partial charge in [0.1, 0.15) is 3.70 Å². The van der Waals surface area contributed by atoms with Crippen LogP contribution in [0.15, 0.2) is 6.07 Å². The van der Waals surface area contributed by atoms with Gasteiger partial charge in [-0.1, -0.05) is 15.9 Å². The second-order valence-corrected chi connectivity index (χ2v) is 4.38. The van der Waals surface area contributed by atoms with Crippen molar-refractivity contribution in [3.8, 4) is 0 Å². The standard InChI is InChI=1S/C9H7BrF2INO2/c1-16-9(15)6-5(7(11)12)2-4(3-10)8(13)14-6/h2,7H,3H2,1H3. The highest BCUT2D eigenvalue weighted by Gasteiger charge is 2.22. The van der Waals surface area contributed by atoms with Crippen molar-refractivity contribution >= 4 is 44.5 Å². The summed E-state index contributed by atoms with van der Waals surface area (Å²) in [7, 11) is 1.13. The van der Waals surface area contributed by atoms with Gasteiger partial charge in [0.2, 0.25) is 0 Å². The molecule has 0 N–H and O–H groups in total. The molecule has 1 heterocycles. The number of rotatable bonds is 3. The Balaban J connectivity index is 3.36. The monoisotopic (exact) mass is 405 g/mol. The molecule has 0 radical (unpaired) electrons. The molecule has 0 aliphatic heterocycles. The van der Waals surface area contributed by atoms with Crippen LogP contribution in [-0.4, -0.2) is 18.1 Å². The van der Waals surface area contributed by atoms with Crippen LogP contribution in [0.1, 0.15) is 28.0 Å². The van der Waals surface area contributed by atoms with Crippen molar-refractivity contribution in [1.29, 1.82) is 0 Å². The van der Waals surface area contributed by atoms with Crippen molar-refractivity contribution in [2.45, 2.75) is 11.8 Å². The van der Waals surface area contributed by atoms with E-state index in [1.54, 1.807) is 0 Å². The SMILES string of the molecule is COC(=O)c1nc(I)c(CBr)cc1C(F)F. The number of methoxy groups -OCH3 is 1. The lowest BCUT2D eigenvalue weighted by molar-refractivity contribution is 0.0581. The van der Waals surface area contributed by atoms with Crippen molar-refractivity contribution in [2.24, 2.45) is 0 Å². The first kappa shape index (κ1) is 13.8. The van der Waals surface area contributed by atoms with Crippen LogP contribution in [0.5, 0.6) is 0 Å². The topological polar surface area (TPSA) is 39.2 Å². The van der Waals surface area contributed by atoms with Gasteiger partial charge in [-0.05, 0) is 34.2 Å². The number of hydrogen-bond acceptors (Lipinski definition) is 3. The fourth-order valence-electron chi connectivity index (χ4n) is 1.07. The molecule has 0 amide bonds. The highest BCUT2D eigenvalue weighted by atomic mass is 127. The number of alkyl halides is 3. The average Bonchev–Trinajstić information content (AvgIpc) is 2.27. The Morgan fingerprint density at radius 2 is 2.31 bits per heavy atom. The van der Waals surface area contributed by atoms with Crippen molar-refractivity contribution in [3.63, 3.8) is 0 Å². The molecule has 0 bridgehead atoms. The Kier molecular flexibility index (Phi) is 5.03. The van der Waals surface area contributed by atoms with E-state index in [2.05, 4.69) is 25.7 Å². The van der Waals surface area contributed by atoms with Gasteiger partial charge in [-0.3, -0.25) is 0 Å². The second kappa shape index (κ2) is 5.85. The van der Waals surface area contributed by atoms with E-state index in [0.717, 1.165) is 7.11 Å². The average molecular weight is 406 g/mol. The normalized spacial score (nSPS) is 10.6. The molecule has 0 saturated heterocycles. The fourth-order valence-corrected chi connectivity index (χ4v) is 2.61. The first-order valence-corrected chi connectivity index (χ1v) is 6.33. The van der Waals surface area contributed by atoms with E-state index in [4.69, 9.17) is 0 Å². The van der Waals surface area contributed by atoms with Gasteiger partial charge in [-0.15, -0.1) is 0 Å². The van der Waals surface area contributed by atoms with Crippen molar-refractivity contribution in [1.82, 2.24) is 4.98 Å². The smallest absolute Gasteiger partial charge is 0.357 e. The van der Waals surface area contributed by atoms with Gasteiger partial charge in [-0.25, -0.2) is 18.6 Å². The molecule has 0 aliphatic rings. The molecule has 88 valence electrons. The number of carbonyl (C=O) groups excluding carboxylic acids is 1. The Labute approximate surface area is 113 Å². The van der Waals surface area contributed by atoms with E-state index in [1.807, 2.05) is 22.6 Å². The molecule has 1 rings (SSSR count). The summed E-state index contributed by atoms with van der Waals surface area (Å²) < 4.78 is 30.3. The molecular weight excluding hydrogens is 399 g/mol. The molecule has 7 heteroatoms. The summed E-state index contributed by atoms with van der Waals surface area (Å²) in [5, 5.41) is 0.402. The second-order valence-electron chi connectivity index (χ2n) is 2.80. The zero-order valence-electron chi connectivity index (χ0n) is 8.14. The van der Waals surface area contributed by atoms with E-state index < -0.39 is 18.0 Å². The molecular formula is C9H7BrF2INO2. The molecule has 0 unspecified atom stereocenters. The molecule has 1 aromatic heterocycles. The minimum absolute atomic E-state index is 0.327. The van der Waals surface area contributed by atoms with Crippen LogP contribution in [0.3, 0.4) is 0 Å². The number of ether oxygens (including phenoxy) is 1. The van der Waals surface area contributed by atoms with Crippen LogP contribution in [-0.2, 0) is 10.1 Å². The van der Waals surface area contributed by atoms with Crippen molar-refractivity contribution in [3.05, 3.63) is 26.6 Å². The highest BCUT2D eigenvalue weighted by Crippen LogP contribution is 2.26. The predicted octanol–water partition coefficient (Wildman–Crippen LogP) is 3.31. The van der Waals surface area contributed by atoms with Gasteiger partial charge < -0.3 is 4.74 Å². The predicted molar refractivity (Wildman–Crippen MR) is 65.9 cm³/mol. The quantitative estimate of drug-likeness (QED) is 0.335. The summed E-state index contributed by atoms with van der Waals surface area (Å²) in [6.07, 6.45) is -2.75. The van der Waals surface area contributed by atoms with Crippen LogP contribution >= 0.6 is 38.5 Å². The van der Waals surface area contributed by atoms with E-state index in [9.17, 15) is 13.6 Å². The maximum Gasteiger partial charge on any atom is 0.357 e. The molecule has 16 heavy (non-hydrogen) atoms. The third-order valence-corrected chi connectivity index (χ3v) is 3.37. The summed E-state index contributed by atoms with van der Waals surface area (Å²) in [6.45, 7) is 0. The zero-order chi connectivity index (χ0) is 12.3. The minimum atomic E-state index is -2.75. The maximum absolute atomic E-state index is 12.7. The van der Waals surface area contributed by atoms with Gasteiger partial charge in [0.25, 0.3) is 6.43 Å². The zero-order valence-corrected chi connectivity index (χ0v) is 11.9. The molecule has 0 atom stereocenters. The number of pyridine rings is 1. The third-order valence-electron chi connectivity index (χ3n) is 1.84. The van der Waals surface area contributed by atoms with Crippen LogP contribution in [0.4, 0.5) is 8.78 Å². The lowest BCUT2D eigenvalue weighted by Gasteiger charge is -2.09. The van der Waals surface area contributed by atoms with Gasteiger partial charge in [0.15, 0.2) is 5.69 Å². The summed E-state index contributed by atoms with van der Waals surface area (Å²) in [4.78, 5) is 15.1. The molecule has 0 saturated carbocycles. The Bertz CT molecular complexity index is 415. The van der Waals surface area contributed by atoms with E-state index in [0.29, 0.717) is 14.6 Å². The number of nitrogens with zero attached hydrogens (tertiary/aromatic N) is 1. The number of aromatic nitrogens is 1. The lowest BCUT2D eigenvalue weighted by atomic mass is 10.1. The summed E-state index contributed by atoms with van der Waals surface area (Å²) >= 11 is 5.05. The number of halogens is 4. The van der Waals surface area contributed by atoms with E-state index >= 15 is 0 Å². The summed E-state index contributed by atoms with van der Waals surface area (Å²) in [5.41, 5.74) is -0.114. The van der Waals surface area contributed by atoms with Gasteiger partial charge in [0, 0.05) is 5.33 Å². The van der Waals surface area contributed by atoms with Crippen molar-refractivity contribution < 1.29 is 18.3 Å². The first-order valence-electron chi connectivity index (χ1n) is 4.13. The molecule has 0 spiro atoms. The Morgan fingerprint density at radius 3 is 2.75 bits per heavy atom. The van der Waals surface area contributed by atoms with E-state index in [-0.39, 0.29) is 5.69 Å². The molecule has 0 aromatic carbocycles. The fraction of sp³-hybridized carbons (Fsp3) is 0.333. The van der Waals surface area contributed by atoms with Crippen LogP contribution in [0.25, 0.3) is 0 Å². The lowest BCUT2D eigenvalue weighted by Crippen LogP contribution is -2.11. The van der Waals surface area contributed by atoms with Crippen LogP contribution in [0.2, 0.25) is 0 Å². The number of hydrogen-bond donors (Lipinski definition) is 0. The maximum atomic E-state index is 12.7. The summed E-state index contributed by atoms with van der Waals surface area (Å²) in [6, 6.07) is 1.26. The van der Waals surface area contributed by atoms with Crippen LogP contribution in [0, 0.1) is 3.70 Å². The highest BCUT2D eigenvalue weighted by molar-refractivity contribution is 14.1. The van der Waals surface area contributed by atoms with E-state index in [1.165, 1.54) is 6.07 Å². The third kappa shape index (κ3) is 2.88. The largest absolute Gasteiger partial charge is 0.464 e. The summed E-state index contributed by atoms with van der Waals surface area (Å²) in [5.74, 6) is -0.852. The molecule has 1 aromatic rings. The Hall–Kier alpha value is -0.310. The first-order chi connectivity index (χ1) is 7.51. The van der Waals surface area contributed by atoms with Crippen LogP contribution < -0.4 is 0 Å². The molecule has 0 aliphatic carbocycles. The Morgan fingerprint density at radius 1 is 1.69 bits per heavy atom. The van der Waals surface area contributed by atoms with Gasteiger partial charge in [-0.2, -0.15) is 0 Å². The van der Waals surface area contributed by atoms with Crippen molar-refractivity contribution in [2.75, 3.05) is 7.11 Å². The van der Waals surface area contributed by atoms with Gasteiger partial charge in [0.05, 0.1) is 12.7 Å². The number of carbonyl (C=O) groups is 1. The molecule has 0 fully saturated rings. The van der Waals surface area contributed by atoms with Gasteiger partial charge >= 0.3 is 5.97 Å².